The first-order valence-electron chi connectivity index (χ1n) is 10.8. The number of H-pyrrole nitrogens is 1. The number of nitrogens with two attached hydrogens (primary N) is 1. The van der Waals surface area contributed by atoms with Crippen LogP contribution in [0.4, 0.5) is 0 Å². The van der Waals surface area contributed by atoms with E-state index in [-0.39, 0.29) is 18.6 Å². The molecule has 1 aromatic carbocycles. The largest absolute Gasteiger partial charge is 0.508 e. The smallest absolute Gasteiger partial charge is 0.325 e. The van der Waals surface area contributed by atoms with Crippen LogP contribution in [0.25, 0.3) is 0 Å². The van der Waals surface area contributed by atoms with Crippen molar-refractivity contribution < 1.29 is 34.5 Å². The molecule has 35 heavy (non-hydrogen) atoms. The van der Waals surface area contributed by atoms with E-state index in [1.807, 2.05) is 0 Å². The maximum atomic E-state index is 12.9. The number of phenols is 1. The van der Waals surface area contributed by atoms with Gasteiger partial charge in [-0.15, -0.1) is 0 Å². The van der Waals surface area contributed by atoms with E-state index < -0.39 is 54.0 Å². The molecule has 2 aromatic rings. The maximum Gasteiger partial charge on any atom is 0.325 e. The van der Waals surface area contributed by atoms with Crippen LogP contribution < -0.4 is 21.7 Å². The Hall–Kier alpha value is -3.97. The second-order valence-corrected chi connectivity index (χ2v) is 8.11. The second-order valence-electron chi connectivity index (χ2n) is 8.11. The van der Waals surface area contributed by atoms with Crippen LogP contribution in [0, 0.1) is 0 Å². The van der Waals surface area contributed by atoms with Crippen molar-refractivity contribution in [3.63, 3.8) is 0 Å². The number of hydrogen-bond donors (Lipinski definition) is 8. The third-order valence-corrected chi connectivity index (χ3v) is 5.13. The summed E-state index contributed by atoms with van der Waals surface area (Å²) < 4.78 is 0. The molecule has 0 saturated carbocycles. The van der Waals surface area contributed by atoms with Gasteiger partial charge in [0.1, 0.15) is 23.9 Å². The van der Waals surface area contributed by atoms with E-state index >= 15 is 0 Å². The van der Waals surface area contributed by atoms with Gasteiger partial charge in [-0.1, -0.05) is 12.1 Å². The van der Waals surface area contributed by atoms with Gasteiger partial charge in [0.15, 0.2) is 0 Å². The average Bonchev–Trinajstić information content (AvgIpc) is 3.31. The molecule has 0 aliphatic carbocycles. The second kappa shape index (κ2) is 12.5. The number of carbonyl (C=O) groups is 4. The SMILES string of the molecule is CC(NC(=O)C(Cc1cnc[nH]1)NC(=O)C(NC(=O)C(N)Cc1ccc(O)cc1)C(C)O)C(=O)O. The fourth-order valence-electron chi connectivity index (χ4n) is 3.11. The number of amides is 3. The first kappa shape index (κ1) is 27.3. The summed E-state index contributed by atoms with van der Waals surface area (Å²) in [6, 6.07) is 1.14. The lowest BCUT2D eigenvalue weighted by molar-refractivity contribution is -0.142. The van der Waals surface area contributed by atoms with Crippen LogP contribution in [0.5, 0.6) is 5.75 Å². The molecule has 0 bridgehead atoms. The third-order valence-electron chi connectivity index (χ3n) is 5.13. The molecule has 1 aromatic heterocycles. The van der Waals surface area contributed by atoms with Gasteiger partial charge in [-0.05, 0) is 38.0 Å². The molecule has 190 valence electrons. The molecule has 13 nitrogen and oxygen atoms in total. The highest BCUT2D eigenvalue weighted by Crippen LogP contribution is 2.11. The molecule has 0 aliphatic rings. The summed E-state index contributed by atoms with van der Waals surface area (Å²) in [6.45, 7) is 2.55. The number of hydrogen-bond acceptors (Lipinski definition) is 8. The van der Waals surface area contributed by atoms with Crippen LogP contribution >= 0.6 is 0 Å². The Morgan fingerprint density at radius 3 is 2.20 bits per heavy atom. The average molecular weight is 491 g/mol. The molecule has 3 amide bonds. The molecule has 2 rings (SSSR count). The van der Waals surface area contributed by atoms with Crippen LogP contribution in [0.15, 0.2) is 36.8 Å². The molecular formula is C22H30N6O7. The van der Waals surface area contributed by atoms with Crippen molar-refractivity contribution in [2.24, 2.45) is 5.73 Å². The lowest BCUT2D eigenvalue weighted by Crippen LogP contribution is -2.60. The van der Waals surface area contributed by atoms with Gasteiger partial charge >= 0.3 is 5.97 Å². The molecular weight excluding hydrogens is 460 g/mol. The van der Waals surface area contributed by atoms with Crippen LogP contribution in [0.2, 0.25) is 0 Å². The number of nitrogens with zero attached hydrogens (tertiary/aromatic N) is 1. The summed E-state index contributed by atoms with van der Waals surface area (Å²) in [4.78, 5) is 55.9. The van der Waals surface area contributed by atoms with Crippen molar-refractivity contribution in [2.75, 3.05) is 0 Å². The van der Waals surface area contributed by atoms with Gasteiger partial charge in [0.05, 0.1) is 18.5 Å². The highest BCUT2D eigenvalue weighted by Gasteiger charge is 2.32. The van der Waals surface area contributed by atoms with Crippen LogP contribution in [0.1, 0.15) is 25.1 Å². The quantitative estimate of drug-likeness (QED) is 0.167. The summed E-state index contributed by atoms with van der Waals surface area (Å²) in [5.74, 6) is -3.56. The van der Waals surface area contributed by atoms with Gasteiger partial charge in [0.25, 0.3) is 0 Å². The molecule has 5 atom stereocenters. The lowest BCUT2D eigenvalue weighted by atomic mass is 10.0. The minimum Gasteiger partial charge on any atom is -0.508 e. The third kappa shape index (κ3) is 8.39. The molecule has 0 spiro atoms. The minimum atomic E-state index is -1.44. The van der Waals surface area contributed by atoms with Crippen molar-refractivity contribution in [3.8, 4) is 5.75 Å². The normalized spacial score (nSPS) is 15.2. The maximum absolute atomic E-state index is 12.9. The Morgan fingerprint density at radius 1 is 1.00 bits per heavy atom. The molecule has 9 N–H and O–H groups in total. The van der Waals surface area contributed by atoms with E-state index in [0.29, 0.717) is 11.3 Å². The predicted molar refractivity (Wildman–Crippen MR) is 123 cm³/mol. The molecule has 0 saturated heterocycles. The van der Waals surface area contributed by atoms with Gasteiger partial charge in [0, 0.05) is 18.3 Å². The minimum absolute atomic E-state index is 0.0508. The van der Waals surface area contributed by atoms with Crippen molar-refractivity contribution in [3.05, 3.63) is 48.0 Å². The standard InChI is InChI=1S/C22H30N6O7/c1-11(22(34)35)26-20(32)17(8-14-9-24-10-25-14)27-21(33)18(12(2)29)28-19(31)16(23)7-13-3-5-15(30)6-4-13/h3-6,9-12,16-18,29-30H,7-8,23H2,1-2H3,(H,24,25)(H,26,32)(H,27,33)(H,28,31)(H,34,35). The Bertz CT molecular complexity index is 1010. The van der Waals surface area contributed by atoms with E-state index in [2.05, 4.69) is 25.9 Å². The van der Waals surface area contributed by atoms with E-state index in [0.717, 1.165) is 0 Å². The van der Waals surface area contributed by atoms with Gasteiger partial charge in [0.2, 0.25) is 17.7 Å². The number of aromatic amines is 1. The zero-order chi connectivity index (χ0) is 26.1. The van der Waals surface area contributed by atoms with Crippen molar-refractivity contribution in [2.45, 2.75) is 57.0 Å². The topological polar surface area (TPSA) is 220 Å². The number of rotatable bonds is 12. The lowest BCUT2D eigenvalue weighted by Gasteiger charge is -2.26. The first-order chi connectivity index (χ1) is 16.5. The number of aliphatic carboxylic acids is 1. The zero-order valence-corrected chi connectivity index (χ0v) is 19.3. The highest BCUT2D eigenvalue weighted by atomic mass is 16.4. The fourth-order valence-corrected chi connectivity index (χ4v) is 3.11. The van der Waals surface area contributed by atoms with Gasteiger partial charge < -0.3 is 42.0 Å². The summed E-state index contributed by atoms with van der Waals surface area (Å²) in [5.41, 5.74) is 7.10. The van der Waals surface area contributed by atoms with E-state index in [1.54, 1.807) is 12.1 Å². The summed E-state index contributed by atoms with van der Waals surface area (Å²) >= 11 is 0. The first-order valence-corrected chi connectivity index (χ1v) is 10.8. The van der Waals surface area contributed by atoms with Crippen molar-refractivity contribution in [1.29, 1.82) is 0 Å². The van der Waals surface area contributed by atoms with Crippen LogP contribution in [-0.4, -0.2) is 79.2 Å². The number of phenolic OH excluding ortho intramolecular Hbond substituents is 1. The Morgan fingerprint density at radius 2 is 1.66 bits per heavy atom. The van der Waals surface area contributed by atoms with Crippen LogP contribution in [-0.2, 0) is 32.0 Å². The molecule has 0 radical (unpaired) electrons. The van der Waals surface area contributed by atoms with Gasteiger partial charge in [-0.3, -0.25) is 19.2 Å². The molecule has 0 fully saturated rings. The number of carboxylic acids is 1. The van der Waals surface area contributed by atoms with Crippen molar-refractivity contribution >= 4 is 23.7 Å². The number of aromatic nitrogens is 2. The Kier molecular flexibility index (Phi) is 9.73. The number of carboxylic acid groups (broad SMARTS) is 1. The van der Waals surface area contributed by atoms with Crippen LogP contribution in [0.3, 0.4) is 0 Å². The monoisotopic (exact) mass is 490 g/mol. The van der Waals surface area contributed by atoms with Crippen molar-refractivity contribution in [1.82, 2.24) is 25.9 Å². The number of benzene rings is 1. The summed E-state index contributed by atoms with van der Waals surface area (Å²) in [5, 5.41) is 35.7. The molecule has 0 aliphatic heterocycles. The molecule has 1 heterocycles. The fraction of sp³-hybridized carbons (Fsp3) is 0.409. The molecule has 13 heteroatoms. The van der Waals surface area contributed by atoms with E-state index in [9.17, 15) is 29.4 Å². The Labute approximate surface area is 201 Å². The van der Waals surface area contributed by atoms with Gasteiger partial charge in [-0.2, -0.15) is 0 Å². The summed E-state index contributed by atoms with van der Waals surface area (Å²) in [7, 11) is 0. The number of nitrogens with one attached hydrogen (secondary N) is 4. The zero-order valence-electron chi connectivity index (χ0n) is 19.3. The highest BCUT2D eigenvalue weighted by molar-refractivity contribution is 5.94. The van der Waals surface area contributed by atoms with Gasteiger partial charge in [-0.25, -0.2) is 4.98 Å². The Balaban J connectivity index is 2.09. The van der Waals surface area contributed by atoms with E-state index in [1.165, 1.54) is 38.5 Å². The number of carbonyl (C=O) groups excluding carboxylic acids is 3. The number of aliphatic hydroxyl groups excluding tert-OH is 1. The van der Waals surface area contributed by atoms with E-state index in [4.69, 9.17) is 10.8 Å². The molecule has 5 unspecified atom stereocenters. The number of aromatic hydroxyl groups is 1. The number of aliphatic hydroxyl groups is 1. The predicted octanol–water partition coefficient (Wildman–Crippen LogP) is -1.83. The number of imidazole rings is 1. The summed E-state index contributed by atoms with van der Waals surface area (Å²) in [6.07, 6.45) is 1.53.